The van der Waals surface area contributed by atoms with Crippen molar-refractivity contribution in [2.45, 2.75) is 26.9 Å². The number of carbonyl (C=O) groups is 1. The van der Waals surface area contributed by atoms with E-state index >= 15 is 0 Å². The quantitative estimate of drug-likeness (QED) is 0.234. The highest BCUT2D eigenvalue weighted by molar-refractivity contribution is 6.33. The molecule has 1 aliphatic heterocycles. The van der Waals surface area contributed by atoms with Gasteiger partial charge in [0.15, 0.2) is 17.2 Å². The van der Waals surface area contributed by atoms with Crippen LogP contribution in [0.3, 0.4) is 0 Å². The molecule has 0 spiro atoms. The molecule has 0 radical (unpaired) electrons. The van der Waals surface area contributed by atoms with Gasteiger partial charge in [-0.05, 0) is 56.7 Å². The zero-order chi connectivity index (χ0) is 22.7. The van der Waals surface area contributed by atoms with E-state index < -0.39 is 10.9 Å². The molecule has 0 saturated heterocycles. The van der Waals surface area contributed by atoms with E-state index in [-0.39, 0.29) is 34.0 Å². The second kappa shape index (κ2) is 9.36. The van der Waals surface area contributed by atoms with Gasteiger partial charge in [0.25, 0.3) is 5.69 Å². The monoisotopic (exact) mass is 464 g/mol. The molecule has 2 aromatic carbocycles. The SMILES string of the molecule is CCOc1cc(/C=C2\N=C(c3ccc(Cl)c([N+](=O)[O-])c3)OC2=O)cc(Cl)c1OC(C)C. The summed E-state index contributed by atoms with van der Waals surface area (Å²) in [5.41, 5.74) is 0.484. The van der Waals surface area contributed by atoms with Crippen LogP contribution in [-0.4, -0.2) is 29.5 Å². The van der Waals surface area contributed by atoms with Gasteiger partial charge in [0.1, 0.15) is 5.02 Å². The van der Waals surface area contributed by atoms with Gasteiger partial charge in [0, 0.05) is 11.6 Å². The molecule has 31 heavy (non-hydrogen) atoms. The van der Waals surface area contributed by atoms with Crippen LogP contribution in [0.5, 0.6) is 11.5 Å². The highest BCUT2D eigenvalue weighted by atomic mass is 35.5. The van der Waals surface area contributed by atoms with Gasteiger partial charge in [-0.25, -0.2) is 9.79 Å². The zero-order valence-electron chi connectivity index (χ0n) is 16.8. The number of nitro groups is 1. The number of hydrogen-bond acceptors (Lipinski definition) is 7. The molecule has 10 heteroatoms. The summed E-state index contributed by atoms with van der Waals surface area (Å²) in [6.45, 7) is 5.96. The van der Waals surface area contributed by atoms with Crippen LogP contribution in [0.25, 0.3) is 6.08 Å². The predicted molar refractivity (Wildman–Crippen MR) is 117 cm³/mol. The van der Waals surface area contributed by atoms with Crippen molar-refractivity contribution in [2.24, 2.45) is 4.99 Å². The summed E-state index contributed by atoms with van der Waals surface area (Å²) in [6, 6.07) is 7.30. The Morgan fingerprint density at radius 2 is 1.97 bits per heavy atom. The lowest BCUT2D eigenvalue weighted by Crippen LogP contribution is -2.08. The number of carbonyl (C=O) groups excluding carboxylic acids is 1. The van der Waals surface area contributed by atoms with E-state index in [2.05, 4.69) is 4.99 Å². The number of rotatable bonds is 7. The molecule has 0 aromatic heterocycles. The van der Waals surface area contributed by atoms with Crippen LogP contribution >= 0.6 is 23.2 Å². The molecule has 162 valence electrons. The Hall–Kier alpha value is -3.10. The minimum atomic E-state index is -0.704. The summed E-state index contributed by atoms with van der Waals surface area (Å²) < 4.78 is 16.5. The molecule has 0 amide bonds. The lowest BCUT2D eigenvalue weighted by molar-refractivity contribution is -0.384. The zero-order valence-corrected chi connectivity index (χ0v) is 18.4. The highest BCUT2D eigenvalue weighted by Crippen LogP contribution is 2.38. The van der Waals surface area contributed by atoms with Crippen LogP contribution in [-0.2, 0) is 9.53 Å². The molecule has 0 unspecified atom stereocenters. The van der Waals surface area contributed by atoms with E-state index in [1.165, 1.54) is 24.3 Å². The van der Waals surface area contributed by atoms with E-state index in [1.54, 1.807) is 12.1 Å². The summed E-state index contributed by atoms with van der Waals surface area (Å²) in [5.74, 6) is 0.0721. The number of aliphatic imine (C=N–C) groups is 1. The van der Waals surface area contributed by atoms with Crippen LogP contribution in [0.2, 0.25) is 10.0 Å². The van der Waals surface area contributed by atoms with E-state index in [0.717, 1.165) is 0 Å². The van der Waals surface area contributed by atoms with Crippen molar-refractivity contribution in [3.8, 4) is 11.5 Å². The Bertz CT molecular complexity index is 1110. The van der Waals surface area contributed by atoms with E-state index in [0.29, 0.717) is 28.7 Å². The maximum absolute atomic E-state index is 12.3. The average molecular weight is 465 g/mol. The largest absolute Gasteiger partial charge is 0.490 e. The lowest BCUT2D eigenvalue weighted by Gasteiger charge is -2.16. The van der Waals surface area contributed by atoms with Gasteiger partial charge >= 0.3 is 5.97 Å². The van der Waals surface area contributed by atoms with Crippen molar-refractivity contribution in [2.75, 3.05) is 6.61 Å². The predicted octanol–water partition coefficient (Wildman–Crippen LogP) is 5.43. The fourth-order valence-electron chi connectivity index (χ4n) is 2.76. The third-order valence-corrected chi connectivity index (χ3v) is 4.60. The van der Waals surface area contributed by atoms with Crippen molar-refractivity contribution in [3.05, 3.63) is 67.3 Å². The number of cyclic esters (lactones) is 1. The van der Waals surface area contributed by atoms with Crippen molar-refractivity contribution >= 4 is 46.8 Å². The molecular weight excluding hydrogens is 447 g/mol. The Morgan fingerprint density at radius 1 is 1.23 bits per heavy atom. The third kappa shape index (κ3) is 5.15. The minimum Gasteiger partial charge on any atom is -0.490 e. The van der Waals surface area contributed by atoms with E-state index in [4.69, 9.17) is 37.4 Å². The standard InChI is InChI=1S/C21H18Cl2N2O6/c1-4-29-18-9-12(7-15(23)19(18)30-11(2)3)8-16-21(26)31-20(24-16)13-5-6-14(22)17(10-13)25(27)28/h5-11H,4H2,1-3H3/b16-8-. The van der Waals surface area contributed by atoms with Crippen molar-refractivity contribution in [1.29, 1.82) is 0 Å². The van der Waals surface area contributed by atoms with Crippen LogP contribution in [0.4, 0.5) is 5.69 Å². The minimum absolute atomic E-state index is 0.00338. The Kier molecular flexibility index (Phi) is 6.82. The number of esters is 1. The first-order valence-electron chi connectivity index (χ1n) is 9.29. The fourth-order valence-corrected chi connectivity index (χ4v) is 3.21. The molecule has 0 atom stereocenters. The Balaban J connectivity index is 1.98. The van der Waals surface area contributed by atoms with Crippen molar-refractivity contribution < 1.29 is 23.9 Å². The normalized spacial score (nSPS) is 14.6. The molecular formula is C21H18Cl2N2O6. The van der Waals surface area contributed by atoms with Crippen molar-refractivity contribution in [3.63, 3.8) is 0 Å². The molecule has 1 heterocycles. The van der Waals surface area contributed by atoms with Gasteiger partial charge in [-0.2, -0.15) is 0 Å². The first kappa shape index (κ1) is 22.6. The average Bonchev–Trinajstić information content (AvgIpc) is 3.05. The first-order chi connectivity index (χ1) is 14.7. The first-order valence-corrected chi connectivity index (χ1v) is 10.0. The molecule has 0 N–H and O–H groups in total. The lowest BCUT2D eigenvalue weighted by atomic mass is 10.1. The number of nitro benzene ring substituents is 1. The van der Waals surface area contributed by atoms with Gasteiger partial charge in [0.05, 0.1) is 22.7 Å². The molecule has 3 rings (SSSR count). The van der Waals surface area contributed by atoms with E-state index in [1.807, 2.05) is 20.8 Å². The molecule has 0 bridgehead atoms. The topological polar surface area (TPSA) is 100 Å². The Morgan fingerprint density at radius 3 is 2.61 bits per heavy atom. The second-order valence-corrected chi connectivity index (χ2v) is 7.50. The van der Waals surface area contributed by atoms with E-state index in [9.17, 15) is 14.9 Å². The van der Waals surface area contributed by atoms with Gasteiger partial charge < -0.3 is 14.2 Å². The highest BCUT2D eigenvalue weighted by Gasteiger charge is 2.26. The third-order valence-electron chi connectivity index (χ3n) is 4.00. The summed E-state index contributed by atoms with van der Waals surface area (Å²) in [7, 11) is 0. The number of benzene rings is 2. The van der Waals surface area contributed by atoms with Crippen LogP contribution in [0, 0.1) is 10.1 Å². The molecule has 8 nitrogen and oxygen atoms in total. The fraction of sp³-hybridized carbons (Fsp3) is 0.238. The maximum Gasteiger partial charge on any atom is 0.363 e. The van der Waals surface area contributed by atoms with Crippen LogP contribution in [0.1, 0.15) is 31.9 Å². The maximum atomic E-state index is 12.3. The molecule has 0 fully saturated rings. The van der Waals surface area contributed by atoms with Crippen LogP contribution < -0.4 is 9.47 Å². The summed E-state index contributed by atoms with van der Waals surface area (Å²) in [5, 5.41) is 11.4. The molecule has 1 aliphatic rings. The number of nitrogens with zero attached hydrogens (tertiary/aromatic N) is 2. The molecule has 2 aromatic rings. The summed E-state index contributed by atoms with van der Waals surface area (Å²) >= 11 is 12.2. The number of ether oxygens (including phenoxy) is 3. The number of halogens is 2. The summed E-state index contributed by atoms with van der Waals surface area (Å²) in [4.78, 5) is 26.9. The van der Waals surface area contributed by atoms with Gasteiger partial charge in [-0.15, -0.1) is 0 Å². The number of hydrogen-bond donors (Lipinski definition) is 0. The van der Waals surface area contributed by atoms with Gasteiger partial charge in [-0.1, -0.05) is 23.2 Å². The van der Waals surface area contributed by atoms with Gasteiger partial charge in [0.2, 0.25) is 5.90 Å². The smallest absolute Gasteiger partial charge is 0.363 e. The van der Waals surface area contributed by atoms with Gasteiger partial charge in [-0.3, -0.25) is 10.1 Å². The van der Waals surface area contributed by atoms with Crippen molar-refractivity contribution in [1.82, 2.24) is 0 Å². The summed E-state index contributed by atoms with van der Waals surface area (Å²) in [6.07, 6.45) is 1.37. The second-order valence-electron chi connectivity index (χ2n) is 6.69. The molecule has 0 saturated carbocycles. The Labute approximate surface area is 188 Å². The van der Waals surface area contributed by atoms with Crippen LogP contribution in [0.15, 0.2) is 41.0 Å². The molecule has 0 aliphatic carbocycles.